The Hall–Kier alpha value is -4.49. The zero-order valence-electron chi connectivity index (χ0n) is 20.1. The lowest BCUT2D eigenvalue weighted by Gasteiger charge is -2.24. The van der Waals surface area contributed by atoms with Gasteiger partial charge in [-0.2, -0.15) is 23.5 Å². The second-order valence-corrected chi connectivity index (χ2v) is 9.15. The molecule has 1 aliphatic carbocycles. The molecule has 1 fully saturated rings. The third kappa shape index (κ3) is 5.58. The van der Waals surface area contributed by atoms with Crippen molar-refractivity contribution in [2.24, 2.45) is 5.92 Å². The number of halogens is 3. The number of amides is 1. The Morgan fingerprint density at radius 2 is 1.95 bits per heavy atom. The molecule has 0 saturated heterocycles. The maximum Gasteiger partial charge on any atom is 0.432 e. The van der Waals surface area contributed by atoms with Crippen LogP contribution in [0.1, 0.15) is 51.8 Å². The number of nitrogens with one attached hydrogen (secondary N) is 3. The first-order valence-electron chi connectivity index (χ1n) is 12.0. The largest absolute Gasteiger partial charge is 0.432 e. The molecule has 0 aliphatic heterocycles. The number of hydrogen-bond donors (Lipinski definition) is 3. The van der Waals surface area contributed by atoms with Gasteiger partial charge in [-0.05, 0) is 66.3 Å². The highest BCUT2D eigenvalue weighted by Crippen LogP contribution is 2.39. The van der Waals surface area contributed by atoms with Crippen molar-refractivity contribution in [3.63, 3.8) is 0 Å². The van der Waals surface area contributed by atoms with Gasteiger partial charge in [0.15, 0.2) is 5.69 Å². The van der Waals surface area contributed by atoms with Crippen LogP contribution in [0.4, 0.5) is 18.9 Å². The molecular weight excluding hydrogens is 493 g/mol. The van der Waals surface area contributed by atoms with Gasteiger partial charge >= 0.3 is 6.18 Å². The fourth-order valence-corrected chi connectivity index (χ4v) is 4.31. The van der Waals surface area contributed by atoms with Crippen molar-refractivity contribution < 1.29 is 18.0 Å². The Morgan fingerprint density at radius 1 is 1.13 bits per heavy atom. The number of aromatic nitrogens is 3. The monoisotopic (exact) mass is 516 g/mol. The van der Waals surface area contributed by atoms with Crippen LogP contribution in [0, 0.1) is 17.2 Å². The molecule has 1 amide bonds. The van der Waals surface area contributed by atoms with Gasteiger partial charge < -0.3 is 10.6 Å². The number of aromatic amines is 1. The summed E-state index contributed by atoms with van der Waals surface area (Å²) in [5.74, 6) is -0.208. The van der Waals surface area contributed by atoms with Gasteiger partial charge in [0, 0.05) is 29.7 Å². The lowest BCUT2D eigenvalue weighted by Crippen LogP contribution is -2.25. The molecule has 1 atom stereocenters. The zero-order valence-corrected chi connectivity index (χ0v) is 20.1. The average Bonchev–Trinajstić information content (AvgIpc) is 3.60. The van der Waals surface area contributed by atoms with E-state index in [0.717, 1.165) is 30.5 Å². The van der Waals surface area contributed by atoms with E-state index in [2.05, 4.69) is 26.8 Å². The number of anilines is 1. The maximum atomic E-state index is 13.0. The Balaban J connectivity index is 1.60. The standard InChI is InChI=1S/C28H23F3N6O/c29-28(30,31)24-13-23(36-37-24)27(38)35-22-8-2-7-21(25(22)19-5-1-4-18(12-19)14-32)26(34-15-17-9-10-17)20-6-3-11-33-16-20/h1-8,11-13,16-17,26,34H,9-10,15H2,(H,35,38)(H,36,37). The van der Waals surface area contributed by atoms with Crippen LogP contribution in [0.15, 0.2) is 73.1 Å². The van der Waals surface area contributed by atoms with Crippen LogP contribution in [0.5, 0.6) is 0 Å². The van der Waals surface area contributed by atoms with Gasteiger partial charge in [-0.25, -0.2) is 0 Å². The van der Waals surface area contributed by atoms with Crippen molar-refractivity contribution in [2.75, 3.05) is 11.9 Å². The first-order valence-corrected chi connectivity index (χ1v) is 12.0. The number of benzene rings is 2. The predicted octanol–water partition coefficient (Wildman–Crippen LogP) is 5.70. The smallest absolute Gasteiger partial charge is 0.320 e. The summed E-state index contributed by atoms with van der Waals surface area (Å²) in [4.78, 5) is 17.3. The molecule has 1 saturated carbocycles. The molecule has 2 aromatic carbocycles. The third-order valence-electron chi connectivity index (χ3n) is 6.38. The highest BCUT2D eigenvalue weighted by Gasteiger charge is 2.34. The minimum absolute atomic E-state index is 0.288. The molecule has 38 heavy (non-hydrogen) atoms. The fourth-order valence-electron chi connectivity index (χ4n) is 4.31. The highest BCUT2D eigenvalue weighted by atomic mass is 19.4. The van der Waals surface area contributed by atoms with Gasteiger partial charge in [0.05, 0.1) is 17.7 Å². The van der Waals surface area contributed by atoms with Crippen molar-refractivity contribution in [1.29, 1.82) is 5.26 Å². The number of hydrogen-bond acceptors (Lipinski definition) is 5. The van der Waals surface area contributed by atoms with Crippen molar-refractivity contribution in [3.8, 4) is 17.2 Å². The minimum atomic E-state index is -4.65. The van der Waals surface area contributed by atoms with E-state index in [1.54, 1.807) is 42.7 Å². The van der Waals surface area contributed by atoms with E-state index in [4.69, 9.17) is 0 Å². The third-order valence-corrected chi connectivity index (χ3v) is 6.38. The predicted molar refractivity (Wildman–Crippen MR) is 135 cm³/mol. The summed E-state index contributed by atoms with van der Waals surface area (Å²) in [6.07, 6.45) is 1.12. The molecule has 0 bridgehead atoms. The van der Waals surface area contributed by atoms with Crippen LogP contribution in [0.3, 0.4) is 0 Å². The topological polar surface area (TPSA) is 106 Å². The number of alkyl halides is 3. The first kappa shape index (κ1) is 25.2. The van der Waals surface area contributed by atoms with Crippen LogP contribution >= 0.6 is 0 Å². The molecule has 1 aliphatic rings. The average molecular weight is 517 g/mol. The summed E-state index contributed by atoms with van der Waals surface area (Å²) in [7, 11) is 0. The van der Waals surface area contributed by atoms with E-state index >= 15 is 0 Å². The number of pyridine rings is 1. The molecule has 3 N–H and O–H groups in total. The summed E-state index contributed by atoms with van der Waals surface area (Å²) in [6.45, 7) is 0.793. The lowest BCUT2D eigenvalue weighted by atomic mass is 9.89. The second kappa shape index (κ2) is 10.5. The quantitative estimate of drug-likeness (QED) is 0.278. The Bertz CT molecular complexity index is 1490. The number of H-pyrrole nitrogens is 1. The van der Waals surface area contributed by atoms with Crippen LogP contribution in [-0.4, -0.2) is 27.6 Å². The molecule has 1 unspecified atom stereocenters. The Morgan fingerprint density at radius 3 is 2.63 bits per heavy atom. The second-order valence-electron chi connectivity index (χ2n) is 9.15. The van der Waals surface area contributed by atoms with E-state index < -0.39 is 23.5 Å². The molecule has 2 heterocycles. The fraction of sp³-hybridized carbons (Fsp3) is 0.214. The maximum absolute atomic E-state index is 13.0. The summed E-state index contributed by atoms with van der Waals surface area (Å²) in [5, 5.41) is 21.3. The SMILES string of the molecule is N#Cc1cccc(-c2c(NC(=O)c3cc(C(F)(F)F)[nH]n3)cccc2C(NCC2CC2)c2cccnc2)c1. The van der Waals surface area contributed by atoms with Gasteiger partial charge in [0.25, 0.3) is 5.91 Å². The van der Waals surface area contributed by atoms with E-state index in [1.807, 2.05) is 29.4 Å². The summed E-state index contributed by atoms with van der Waals surface area (Å²) >= 11 is 0. The van der Waals surface area contributed by atoms with Gasteiger partial charge in [0.1, 0.15) is 5.69 Å². The number of carbonyl (C=O) groups is 1. The van der Waals surface area contributed by atoms with Crippen molar-refractivity contribution in [1.82, 2.24) is 20.5 Å². The van der Waals surface area contributed by atoms with Crippen molar-refractivity contribution in [2.45, 2.75) is 25.1 Å². The molecule has 0 spiro atoms. The van der Waals surface area contributed by atoms with E-state index in [1.165, 1.54) is 0 Å². The first-order chi connectivity index (χ1) is 18.3. The van der Waals surface area contributed by atoms with Crippen molar-refractivity contribution >= 4 is 11.6 Å². The van der Waals surface area contributed by atoms with Gasteiger partial charge in [-0.3, -0.25) is 14.9 Å². The van der Waals surface area contributed by atoms with Gasteiger partial charge in [-0.15, -0.1) is 0 Å². The summed E-state index contributed by atoms with van der Waals surface area (Å²) < 4.78 is 39.1. The molecule has 5 rings (SSSR count). The molecule has 192 valence electrons. The Kier molecular flexibility index (Phi) is 6.94. The van der Waals surface area contributed by atoms with Crippen LogP contribution in [0.2, 0.25) is 0 Å². The van der Waals surface area contributed by atoms with Crippen LogP contribution in [0.25, 0.3) is 11.1 Å². The van der Waals surface area contributed by atoms with E-state index in [9.17, 15) is 23.2 Å². The molecular formula is C28H23F3N6O. The molecule has 0 radical (unpaired) electrons. The van der Waals surface area contributed by atoms with Crippen LogP contribution < -0.4 is 10.6 Å². The molecule has 4 aromatic rings. The van der Waals surface area contributed by atoms with E-state index in [0.29, 0.717) is 34.4 Å². The van der Waals surface area contributed by atoms with Gasteiger partial charge in [-0.1, -0.05) is 30.3 Å². The number of nitrogens with zero attached hydrogens (tertiary/aromatic N) is 3. The van der Waals surface area contributed by atoms with Crippen LogP contribution in [-0.2, 0) is 6.18 Å². The highest BCUT2D eigenvalue weighted by molar-refractivity contribution is 6.05. The van der Waals surface area contributed by atoms with Gasteiger partial charge in [0.2, 0.25) is 0 Å². The number of nitriles is 1. The van der Waals surface area contributed by atoms with E-state index in [-0.39, 0.29) is 6.04 Å². The minimum Gasteiger partial charge on any atom is -0.320 e. The number of carbonyl (C=O) groups excluding carboxylic acids is 1. The normalized spacial score (nSPS) is 14.1. The van der Waals surface area contributed by atoms with Crippen molar-refractivity contribution in [3.05, 3.63) is 101 Å². The summed E-state index contributed by atoms with van der Waals surface area (Å²) in [5.41, 5.74) is 2.36. The zero-order chi connectivity index (χ0) is 26.7. The molecule has 2 aromatic heterocycles. The summed E-state index contributed by atoms with van der Waals surface area (Å²) in [6, 6.07) is 18.7. The molecule has 10 heteroatoms. The molecule has 7 nitrogen and oxygen atoms in total. The lowest BCUT2D eigenvalue weighted by molar-refractivity contribution is -0.141. The number of rotatable bonds is 8. The Labute approximate surface area is 216 Å².